The normalized spacial score (nSPS) is 26.8. The number of hydrogen-bond acceptors (Lipinski definition) is 4. The van der Waals surface area contributed by atoms with Crippen molar-refractivity contribution in [3.63, 3.8) is 0 Å². The van der Waals surface area contributed by atoms with Gasteiger partial charge in [0.2, 0.25) is 5.91 Å². The molecule has 1 amide bonds. The van der Waals surface area contributed by atoms with Crippen LogP contribution in [0.25, 0.3) is 0 Å². The van der Waals surface area contributed by atoms with E-state index in [4.69, 9.17) is 5.73 Å². The van der Waals surface area contributed by atoms with E-state index in [1.807, 2.05) is 0 Å². The smallest absolute Gasteiger partial charge is 0.237 e. The van der Waals surface area contributed by atoms with Crippen LogP contribution < -0.4 is 5.73 Å². The highest BCUT2D eigenvalue weighted by Gasteiger charge is 2.39. The van der Waals surface area contributed by atoms with Crippen LogP contribution in [0.4, 0.5) is 0 Å². The van der Waals surface area contributed by atoms with Crippen molar-refractivity contribution >= 4 is 5.91 Å². The number of carbonyl (C=O) groups excluding carboxylic acids is 1. The molecule has 1 heterocycles. The van der Waals surface area contributed by atoms with E-state index in [1.165, 1.54) is 6.42 Å². The maximum Gasteiger partial charge on any atom is 0.237 e. The number of carbonyl (C=O) groups is 1. The van der Waals surface area contributed by atoms with Crippen LogP contribution in [0.15, 0.2) is 0 Å². The Morgan fingerprint density at radius 1 is 1.40 bits per heavy atom. The van der Waals surface area contributed by atoms with Crippen molar-refractivity contribution in [1.82, 2.24) is 9.80 Å². The molecule has 1 atom stereocenters. The van der Waals surface area contributed by atoms with E-state index < -0.39 is 5.54 Å². The van der Waals surface area contributed by atoms with E-state index in [1.54, 1.807) is 11.9 Å². The summed E-state index contributed by atoms with van der Waals surface area (Å²) in [4.78, 5) is 16.3. The van der Waals surface area contributed by atoms with Crippen LogP contribution in [0.1, 0.15) is 44.9 Å². The molecule has 0 aromatic carbocycles. The average molecular weight is 278 g/mol. The third kappa shape index (κ3) is 3.31. The Morgan fingerprint density at radius 2 is 2.10 bits per heavy atom. The zero-order valence-corrected chi connectivity index (χ0v) is 12.5. The molecule has 1 aliphatic carbocycles. The molecule has 2 rings (SSSR count). The maximum absolute atomic E-state index is 12.5. The Balaban J connectivity index is 1.95. The predicted molar refractivity (Wildman–Crippen MR) is 77.8 cm³/mol. The van der Waals surface area contributed by atoms with Crippen LogP contribution in [-0.4, -0.2) is 54.0 Å². The number of likely N-dealkylation sites (N-methyl/N-ethyl adjacent to an activating group) is 1. The van der Waals surface area contributed by atoms with Gasteiger partial charge < -0.3 is 10.6 Å². The topological polar surface area (TPSA) is 73.4 Å². The maximum atomic E-state index is 12.5. The van der Waals surface area contributed by atoms with Gasteiger partial charge in [-0.3, -0.25) is 9.69 Å². The van der Waals surface area contributed by atoms with E-state index in [9.17, 15) is 10.1 Å². The van der Waals surface area contributed by atoms with Crippen LogP contribution >= 0.6 is 0 Å². The van der Waals surface area contributed by atoms with Crippen molar-refractivity contribution < 1.29 is 4.79 Å². The van der Waals surface area contributed by atoms with Crippen molar-refractivity contribution in [3.05, 3.63) is 0 Å². The fraction of sp³-hybridized carbons (Fsp3) is 0.867. The van der Waals surface area contributed by atoms with E-state index in [0.29, 0.717) is 6.54 Å². The number of nitrogens with zero attached hydrogens (tertiary/aromatic N) is 3. The van der Waals surface area contributed by atoms with E-state index >= 15 is 0 Å². The molecule has 2 fully saturated rings. The first-order valence-electron chi connectivity index (χ1n) is 7.73. The minimum absolute atomic E-state index is 0.0579. The quantitative estimate of drug-likeness (QED) is 0.839. The second-order valence-corrected chi connectivity index (χ2v) is 6.29. The Kier molecular flexibility index (Phi) is 5.00. The predicted octanol–water partition coefficient (Wildman–Crippen LogP) is 1.09. The van der Waals surface area contributed by atoms with Crippen LogP contribution in [0.5, 0.6) is 0 Å². The molecule has 1 unspecified atom stereocenters. The lowest BCUT2D eigenvalue weighted by molar-refractivity contribution is -0.136. The molecule has 0 bridgehead atoms. The fourth-order valence-corrected chi connectivity index (χ4v) is 3.43. The largest absolute Gasteiger partial charge is 0.327 e. The van der Waals surface area contributed by atoms with E-state index in [-0.39, 0.29) is 11.9 Å². The molecule has 1 saturated carbocycles. The molecule has 0 aromatic rings. The zero-order valence-electron chi connectivity index (χ0n) is 12.5. The molecule has 0 aromatic heterocycles. The monoisotopic (exact) mass is 278 g/mol. The molecule has 112 valence electrons. The molecule has 2 aliphatic rings. The highest BCUT2D eigenvalue weighted by atomic mass is 16.2. The summed E-state index contributed by atoms with van der Waals surface area (Å²) in [5.74, 6) is 0.0579. The highest BCUT2D eigenvalue weighted by Crippen LogP contribution is 2.32. The number of piperidine rings is 1. The first-order chi connectivity index (χ1) is 9.57. The van der Waals surface area contributed by atoms with Gasteiger partial charge in [-0.1, -0.05) is 19.3 Å². The van der Waals surface area contributed by atoms with Crippen LogP contribution in [-0.2, 0) is 4.79 Å². The third-order valence-corrected chi connectivity index (χ3v) is 4.81. The average Bonchev–Trinajstić information content (AvgIpc) is 2.47. The van der Waals surface area contributed by atoms with E-state index in [2.05, 4.69) is 11.0 Å². The summed E-state index contributed by atoms with van der Waals surface area (Å²) in [5.41, 5.74) is 5.38. The number of likely N-dealkylation sites (tertiary alicyclic amines) is 1. The molecular formula is C15H26N4O. The molecule has 2 N–H and O–H groups in total. The molecule has 0 spiro atoms. The van der Waals surface area contributed by atoms with Crippen LogP contribution in [0.2, 0.25) is 0 Å². The van der Waals surface area contributed by atoms with Gasteiger partial charge in [-0.15, -0.1) is 0 Å². The van der Waals surface area contributed by atoms with E-state index in [0.717, 1.165) is 51.6 Å². The van der Waals surface area contributed by atoms with Crippen LogP contribution in [0.3, 0.4) is 0 Å². The summed E-state index contributed by atoms with van der Waals surface area (Å²) < 4.78 is 0. The van der Waals surface area contributed by atoms with Crippen molar-refractivity contribution in [2.45, 2.75) is 56.5 Å². The Morgan fingerprint density at radius 3 is 2.70 bits per heavy atom. The molecule has 5 nitrogen and oxygen atoms in total. The minimum Gasteiger partial charge on any atom is -0.327 e. The number of nitriles is 1. The highest BCUT2D eigenvalue weighted by molar-refractivity contribution is 5.79. The van der Waals surface area contributed by atoms with Gasteiger partial charge in [0, 0.05) is 19.6 Å². The number of nitrogens with two attached hydrogens (primary N) is 1. The third-order valence-electron chi connectivity index (χ3n) is 4.81. The van der Waals surface area contributed by atoms with Gasteiger partial charge in [-0.05, 0) is 32.2 Å². The summed E-state index contributed by atoms with van der Waals surface area (Å²) >= 11 is 0. The second kappa shape index (κ2) is 6.55. The molecule has 1 aliphatic heterocycles. The molecular weight excluding hydrogens is 252 g/mol. The van der Waals surface area contributed by atoms with Crippen molar-refractivity contribution in [3.8, 4) is 6.07 Å². The Hall–Kier alpha value is -1.12. The zero-order chi connectivity index (χ0) is 14.6. The summed E-state index contributed by atoms with van der Waals surface area (Å²) in [6.45, 7) is 2.12. The number of hydrogen-bond donors (Lipinski definition) is 1. The molecule has 5 heteroatoms. The first kappa shape index (κ1) is 15.3. The van der Waals surface area contributed by atoms with Gasteiger partial charge in [0.15, 0.2) is 0 Å². The van der Waals surface area contributed by atoms with Crippen LogP contribution in [0, 0.1) is 11.3 Å². The van der Waals surface area contributed by atoms with Gasteiger partial charge in [0.1, 0.15) is 5.54 Å². The van der Waals surface area contributed by atoms with Crippen molar-refractivity contribution in [1.29, 1.82) is 5.26 Å². The summed E-state index contributed by atoms with van der Waals surface area (Å²) in [5, 5.41) is 9.53. The lowest BCUT2D eigenvalue weighted by atomic mass is 9.81. The van der Waals surface area contributed by atoms with Gasteiger partial charge in [-0.2, -0.15) is 5.26 Å². The summed E-state index contributed by atoms with van der Waals surface area (Å²) in [7, 11) is 1.79. The Labute approximate surface area is 121 Å². The summed E-state index contributed by atoms with van der Waals surface area (Å²) in [6, 6.07) is 2.59. The van der Waals surface area contributed by atoms with Crippen molar-refractivity contribution in [2.75, 3.05) is 26.7 Å². The number of amides is 1. The van der Waals surface area contributed by atoms with Gasteiger partial charge >= 0.3 is 0 Å². The molecule has 0 radical (unpaired) electrons. The van der Waals surface area contributed by atoms with Crippen molar-refractivity contribution in [2.24, 2.45) is 5.73 Å². The van der Waals surface area contributed by atoms with Gasteiger partial charge in [-0.25, -0.2) is 0 Å². The SMILES string of the molecule is CN(C(=O)CN1CCCC(N)C1)C1(C#N)CCCCC1. The lowest BCUT2D eigenvalue weighted by Gasteiger charge is -2.40. The minimum atomic E-state index is -0.576. The fourth-order valence-electron chi connectivity index (χ4n) is 3.43. The second-order valence-electron chi connectivity index (χ2n) is 6.29. The van der Waals surface area contributed by atoms with Gasteiger partial charge in [0.25, 0.3) is 0 Å². The summed E-state index contributed by atoms with van der Waals surface area (Å²) in [6.07, 6.45) is 6.98. The molecule has 1 saturated heterocycles. The Bertz CT molecular complexity index is 384. The number of rotatable bonds is 3. The molecule has 20 heavy (non-hydrogen) atoms. The first-order valence-corrected chi connectivity index (χ1v) is 7.73. The standard InChI is InChI=1S/C15H26N4O/c1-18(15(12-16)7-3-2-4-8-15)14(20)11-19-9-5-6-13(17)10-19/h13H,2-11,17H2,1H3. The van der Waals surface area contributed by atoms with Gasteiger partial charge in [0.05, 0.1) is 12.6 Å². The lowest BCUT2D eigenvalue weighted by Crippen LogP contribution is -2.54.